The summed E-state index contributed by atoms with van der Waals surface area (Å²) in [5.41, 5.74) is 1.52. The molecule has 2 aromatic carbocycles. The molecule has 2 rings (SSSR count). The monoisotopic (exact) mass is 227 g/mol. The number of aryl methyl sites for hydroxylation is 1. The van der Waals surface area contributed by atoms with Crippen molar-refractivity contribution >= 4 is 19.6 Å². The van der Waals surface area contributed by atoms with Crippen LogP contribution in [-0.2, 0) is 6.42 Å². The van der Waals surface area contributed by atoms with E-state index in [0.717, 1.165) is 0 Å². The summed E-state index contributed by atoms with van der Waals surface area (Å²) < 4.78 is 0. The molecule has 83 valence electrons. The Morgan fingerprint density at radius 1 is 0.938 bits per heavy atom. The maximum absolute atomic E-state index is 2.40. The summed E-state index contributed by atoms with van der Waals surface area (Å²) in [5, 5.41) is 2.81. The van der Waals surface area contributed by atoms with Crippen LogP contribution in [0.2, 0.25) is 19.1 Å². The van der Waals surface area contributed by atoms with Gasteiger partial charge in [0, 0.05) is 8.80 Å². The largest absolute Gasteiger partial charge is 0.0713 e. The van der Waals surface area contributed by atoms with Crippen LogP contribution in [0.3, 0.4) is 0 Å². The van der Waals surface area contributed by atoms with Crippen LogP contribution in [0.1, 0.15) is 12.0 Å². The summed E-state index contributed by atoms with van der Waals surface area (Å²) >= 11 is 0. The third-order valence-electron chi connectivity index (χ3n) is 3.00. The van der Waals surface area contributed by atoms with Crippen LogP contribution in [0.5, 0.6) is 0 Å². The van der Waals surface area contributed by atoms with E-state index >= 15 is 0 Å². The quantitative estimate of drug-likeness (QED) is 0.673. The molecule has 0 fully saturated rings. The fourth-order valence-electron chi connectivity index (χ4n) is 2.14. The summed E-state index contributed by atoms with van der Waals surface area (Å²) in [5.74, 6) is 0. The molecule has 0 atom stereocenters. The molecule has 0 saturated heterocycles. The van der Waals surface area contributed by atoms with Crippen molar-refractivity contribution in [2.24, 2.45) is 0 Å². The van der Waals surface area contributed by atoms with E-state index in [1.54, 1.807) is 0 Å². The molecule has 1 heteroatoms. The van der Waals surface area contributed by atoms with Gasteiger partial charge < -0.3 is 0 Å². The highest BCUT2D eigenvalue weighted by molar-refractivity contribution is 6.55. The van der Waals surface area contributed by atoms with E-state index in [9.17, 15) is 0 Å². The lowest BCUT2D eigenvalue weighted by atomic mass is 10.0. The molecular formula is C15H19Si. The zero-order chi connectivity index (χ0) is 11.4. The molecule has 0 unspecified atom stereocenters. The van der Waals surface area contributed by atoms with Crippen molar-refractivity contribution in [2.45, 2.75) is 32.0 Å². The number of fused-ring (bicyclic) bond motifs is 1. The highest BCUT2D eigenvalue weighted by Crippen LogP contribution is 2.20. The second-order valence-electron chi connectivity index (χ2n) is 4.70. The highest BCUT2D eigenvalue weighted by atomic mass is 28.3. The second kappa shape index (κ2) is 5.31. The van der Waals surface area contributed by atoms with E-state index in [-0.39, 0.29) is 8.80 Å². The van der Waals surface area contributed by atoms with Gasteiger partial charge in [-0.15, -0.1) is 0 Å². The molecule has 0 aromatic heterocycles. The lowest BCUT2D eigenvalue weighted by molar-refractivity contribution is 0.917. The van der Waals surface area contributed by atoms with Gasteiger partial charge in [0.2, 0.25) is 0 Å². The first-order valence-corrected chi connectivity index (χ1v) is 8.74. The maximum Gasteiger partial charge on any atom is 0.0413 e. The zero-order valence-electron chi connectivity index (χ0n) is 10.2. The summed E-state index contributed by atoms with van der Waals surface area (Å²) in [7, 11) is -0.0569. The fraction of sp³-hybridized carbons (Fsp3) is 0.333. The molecule has 0 aliphatic carbocycles. The van der Waals surface area contributed by atoms with Gasteiger partial charge in [-0.25, -0.2) is 0 Å². The van der Waals surface area contributed by atoms with Crippen LogP contribution in [0, 0.1) is 0 Å². The average molecular weight is 227 g/mol. The van der Waals surface area contributed by atoms with Gasteiger partial charge in [0.1, 0.15) is 0 Å². The summed E-state index contributed by atoms with van der Waals surface area (Å²) in [6.07, 6.45) is 2.58. The molecule has 0 amide bonds. The first kappa shape index (κ1) is 11.4. The van der Waals surface area contributed by atoms with Crippen molar-refractivity contribution in [3.05, 3.63) is 48.0 Å². The van der Waals surface area contributed by atoms with Crippen LogP contribution in [0.4, 0.5) is 0 Å². The van der Waals surface area contributed by atoms with Crippen molar-refractivity contribution in [2.75, 3.05) is 0 Å². The smallest absolute Gasteiger partial charge is 0.0413 e. The van der Waals surface area contributed by atoms with Crippen molar-refractivity contribution in [3.63, 3.8) is 0 Å². The van der Waals surface area contributed by atoms with E-state index in [0.29, 0.717) is 0 Å². The third kappa shape index (κ3) is 2.73. The fourth-order valence-corrected chi connectivity index (χ4v) is 3.03. The molecule has 0 heterocycles. The summed E-state index contributed by atoms with van der Waals surface area (Å²) in [6.45, 7) is 4.79. The van der Waals surface area contributed by atoms with E-state index < -0.39 is 0 Å². The first-order chi connectivity index (χ1) is 7.77. The Bertz CT molecular complexity index is 454. The number of hydrogen-bond donors (Lipinski definition) is 0. The van der Waals surface area contributed by atoms with Gasteiger partial charge in [0.25, 0.3) is 0 Å². The van der Waals surface area contributed by atoms with Crippen LogP contribution in [0.15, 0.2) is 42.5 Å². The lowest BCUT2D eigenvalue weighted by Crippen LogP contribution is -1.99. The minimum absolute atomic E-state index is 0.0569. The van der Waals surface area contributed by atoms with Crippen LogP contribution < -0.4 is 0 Å². The Labute approximate surface area is 99.9 Å². The average Bonchev–Trinajstić information content (AvgIpc) is 2.29. The Kier molecular flexibility index (Phi) is 3.78. The molecule has 2 aromatic rings. The minimum atomic E-state index is -0.0569. The molecular weight excluding hydrogens is 208 g/mol. The summed E-state index contributed by atoms with van der Waals surface area (Å²) in [6, 6.07) is 16.8. The summed E-state index contributed by atoms with van der Waals surface area (Å²) in [4.78, 5) is 0. The Morgan fingerprint density at radius 2 is 1.69 bits per heavy atom. The van der Waals surface area contributed by atoms with Crippen molar-refractivity contribution < 1.29 is 0 Å². The standard InChI is InChI=1S/C15H19Si/c1-16(2)12-6-10-14-9-5-8-13-7-3-4-11-15(13)14/h3-5,7-9,11H,6,10,12H2,1-2H3. The Morgan fingerprint density at radius 3 is 2.50 bits per heavy atom. The van der Waals surface area contributed by atoms with Gasteiger partial charge in [0.05, 0.1) is 0 Å². The van der Waals surface area contributed by atoms with Crippen LogP contribution in [-0.4, -0.2) is 8.80 Å². The van der Waals surface area contributed by atoms with Gasteiger partial charge >= 0.3 is 0 Å². The molecule has 1 radical (unpaired) electrons. The number of hydrogen-bond acceptors (Lipinski definition) is 0. The molecule has 0 nitrogen and oxygen atoms in total. The van der Waals surface area contributed by atoms with E-state index in [2.05, 4.69) is 55.6 Å². The highest BCUT2D eigenvalue weighted by Gasteiger charge is 2.01. The maximum atomic E-state index is 2.40. The SMILES string of the molecule is C[Si](C)CCCc1cccc2ccccc12. The van der Waals surface area contributed by atoms with E-state index in [1.165, 1.54) is 35.2 Å². The molecule has 0 N–H and O–H groups in total. The van der Waals surface area contributed by atoms with E-state index in [1.807, 2.05) is 0 Å². The topological polar surface area (TPSA) is 0 Å². The molecule has 0 spiro atoms. The zero-order valence-corrected chi connectivity index (χ0v) is 11.2. The second-order valence-corrected chi connectivity index (χ2v) is 7.61. The van der Waals surface area contributed by atoms with Gasteiger partial charge in [-0.3, -0.25) is 0 Å². The van der Waals surface area contributed by atoms with Gasteiger partial charge in [0.15, 0.2) is 0 Å². The third-order valence-corrected chi connectivity index (χ3v) is 4.36. The molecule has 0 saturated carbocycles. The predicted molar refractivity (Wildman–Crippen MR) is 74.6 cm³/mol. The van der Waals surface area contributed by atoms with Crippen molar-refractivity contribution in [1.29, 1.82) is 0 Å². The molecule has 16 heavy (non-hydrogen) atoms. The van der Waals surface area contributed by atoms with Gasteiger partial charge in [-0.05, 0) is 22.8 Å². The van der Waals surface area contributed by atoms with E-state index in [4.69, 9.17) is 0 Å². The normalized spacial score (nSPS) is 11.2. The molecule has 0 aliphatic rings. The lowest BCUT2D eigenvalue weighted by Gasteiger charge is -2.07. The van der Waals surface area contributed by atoms with Crippen molar-refractivity contribution in [3.8, 4) is 0 Å². The Balaban J connectivity index is 2.17. The van der Waals surface area contributed by atoms with Gasteiger partial charge in [-0.1, -0.05) is 68.0 Å². The first-order valence-electron chi connectivity index (χ1n) is 6.03. The van der Waals surface area contributed by atoms with Crippen LogP contribution in [0.25, 0.3) is 10.8 Å². The van der Waals surface area contributed by atoms with Crippen LogP contribution >= 0.6 is 0 Å². The Hall–Kier alpha value is -1.08. The molecule has 0 aliphatic heterocycles. The molecule has 0 bridgehead atoms. The number of benzene rings is 2. The number of rotatable bonds is 4. The van der Waals surface area contributed by atoms with Crippen molar-refractivity contribution in [1.82, 2.24) is 0 Å². The van der Waals surface area contributed by atoms with Gasteiger partial charge in [-0.2, -0.15) is 0 Å². The minimum Gasteiger partial charge on any atom is -0.0713 e. The predicted octanol–water partition coefficient (Wildman–Crippen LogP) is 4.53.